The maximum Gasteiger partial charge on any atom is 0.259 e. The van der Waals surface area contributed by atoms with Crippen molar-refractivity contribution in [3.8, 4) is 0 Å². The van der Waals surface area contributed by atoms with Crippen molar-refractivity contribution in [1.82, 2.24) is 4.98 Å². The number of nitrogens with zero attached hydrogens (tertiary/aromatic N) is 1. The number of ketones is 1. The van der Waals surface area contributed by atoms with Crippen molar-refractivity contribution in [3.05, 3.63) is 83.5 Å². The Morgan fingerprint density at radius 2 is 2.14 bits per heavy atom. The molecular weight excluding hydrogens is 268 g/mol. The Hall–Kier alpha value is -2.82. The highest BCUT2D eigenvalue weighted by Gasteiger charge is 2.25. The molecule has 106 valence electrons. The average molecular weight is 282 g/mol. The lowest BCUT2D eigenvalue weighted by molar-refractivity contribution is -0.607. The van der Waals surface area contributed by atoms with Crippen LogP contribution in [0.3, 0.4) is 0 Å². The van der Waals surface area contributed by atoms with Crippen LogP contribution in [0.1, 0.15) is 34.3 Å². The molecule has 0 amide bonds. The van der Waals surface area contributed by atoms with Crippen molar-refractivity contribution in [2.75, 3.05) is 0 Å². The molecule has 0 fully saturated rings. The summed E-state index contributed by atoms with van der Waals surface area (Å²) in [4.78, 5) is 15.5. The number of hydrogen-bond acceptors (Lipinski definition) is 3. The minimum Gasteiger partial charge on any atom is -0.618 e. The van der Waals surface area contributed by atoms with E-state index in [0.29, 0.717) is 10.5 Å². The molecule has 0 aliphatic carbocycles. The standard InChI is InChI=1S/C16H14N2O3/c19-15(14-6-1-2-9-18(14)20)11-12(13-5-3-8-17-13)16-7-4-10-21-16/h1-10,12,17H,11H2. The van der Waals surface area contributed by atoms with E-state index in [0.717, 1.165) is 5.69 Å². The quantitative estimate of drug-likeness (QED) is 0.444. The van der Waals surface area contributed by atoms with Gasteiger partial charge in [-0.1, -0.05) is 0 Å². The van der Waals surface area contributed by atoms with E-state index in [4.69, 9.17) is 4.42 Å². The third-order valence-corrected chi connectivity index (χ3v) is 3.38. The van der Waals surface area contributed by atoms with Crippen LogP contribution in [0.4, 0.5) is 0 Å². The second-order valence-electron chi connectivity index (χ2n) is 4.73. The molecule has 0 saturated heterocycles. The highest BCUT2D eigenvalue weighted by molar-refractivity contribution is 5.93. The first-order valence-corrected chi connectivity index (χ1v) is 6.64. The van der Waals surface area contributed by atoms with Gasteiger partial charge >= 0.3 is 0 Å². The van der Waals surface area contributed by atoms with Gasteiger partial charge in [-0.05, 0) is 30.3 Å². The first kappa shape index (κ1) is 13.2. The zero-order valence-electron chi connectivity index (χ0n) is 11.2. The predicted octanol–water partition coefficient (Wildman–Crippen LogP) is 2.65. The second kappa shape index (κ2) is 5.66. The molecule has 0 bridgehead atoms. The van der Waals surface area contributed by atoms with Gasteiger partial charge in [-0.25, -0.2) is 0 Å². The van der Waals surface area contributed by atoms with Gasteiger partial charge in [0, 0.05) is 30.4 Å². The number of Topliss-reactive ketones (excluding diaryl/α,β-unsaturated/α-hetero) is 1. The van der Waals surface area contributed by atoms with Crippen LogP contribution in [0.25, 0.3) is 0 Å². The van der Waals surface area contributed by atoms with Crippen molar-refractivity contribution in [2.24, 2.45) is 0 Å². The Labute approximate surface area is 121 Å². The van der Waals surface area contributed by atoms with Gasteiger partial charge < -0.3 is 14.6 Å². The van der Waals surface area contributed by atoms with Gasteiger partial charge in [0.25, 0.3) is 5.69 Å². The van der Waals surface area contributed by atoms with Crippen LogP contribution in [-0.4, -0.2) is 10.8 Å². The van der Waals surface area contributed by atoms with E-state index >= 15 is 0 Å². The fraction of sp³-hybridized carbons (Fsp3) is 0.125. The molecule has 5 heteroatoms. The highest BCUT2D eigenvalue weighted by atomic mass is 16.5. The first-order chi connectivity index (χ1) is 10.3. The van der Waals surface area contributed by atoms with E-state index in [2.05, 4.69) is 4.98 Å². The van der Waals surface area contributed by atoms with Crippen LogP contribution in [0.5, 0.6) is 0 Å². The monoisotopic (exact) mass is 282 g/mol. The normalized spacial score (nSPS) is 12.2. The summed E-state index contributed by atoms with van der Waals surface area (Å²) in [5.74, 6) is 0.239. The number of H-pyrrole nitrogens is 1. The summed E-state index contributed by atoms with van der Waals surface area (Å²) in [5, 5.41) is 11.7. The van der Waals surface area contributed by atoms with Gasteiger partial charge in [-0.15, -0.1) is 0 Å². The summed E-state index contributed by atoms with van der Waals surface area (Å²) >= 11 is 0. The van der Waals surface area contributed by atoms with Crippen molar-refractivity contribution in [1.29, 1.82) is 0 Å². The van der Waals surface area contributed by atoms with Gasteiger partial charge in [-0.3, -0.25) is 4.79 Å². The van der Waals surface area contributed by atoms with E-state index in [1.807, 2.05) is 18.2 Å². The topological polar surface area (TPSA) is 72.9 Å². The Bertz CT molecular complexity index is 684. The summed E-state index contributed by atoms with van der Waals surface area (Å²) < 4.78 is 6.02. The minimum absolute atomic E-state index is 0.139. The zero-order valence-corrected chi connectivity index (χ0v) is 11.2. The molecule has 1 N–H and O–H groups in total. The third-order valence-electron chi connectivity index (χ3n) is 3.38. The van der Waals surface area contributed by atoms with Gasteiger partial charge in [0.15, 0.2) is 6.20 Å². The SMILES string of the molecule is O=C(CC(c1ccc[nH]1)c1ccco1)c1cccc[n+]1[O-]. The van der Waals surface area contributed by atoms with Gasteiger partial charge in [0.1, 0.15) is 5.76 Å². The summed E-state index contributed by atoms with van der Waals surface area (Å²) in [6.07, 6.45) is 4.86. The number of nitrogens with one attached hydrogen (secondary N) is 1. The van der Waals surface area contributed by atoms with Crippen LogP contribution in [0.2, 0.25) is 0 Å². The molecule has 0 aliphatic rings. The smallest absolute Gasteiger partial charge is 0.259 e. The maximum absolute atomic E-state index is 12.4. The number of aromatic nitrogens is 2. The lowest BCUT2D eigenvalue weighted by Gasteiger charge is -2.12. The number of furan rings is 1. The molecule has 21 heavy (non-hydrogen) atoms. The number of rotatable bonds is 5. The zero-order chi connectivity index (χ0) is 14.7. The number of aromatic amines is 1. The van der Waals surface area contributed by atoms with Crippen LogP contribution in [0, 0.1) is 5.21 Å². The molecule has 0 radical (unpaired) electrons. The fourth-order valence-corrected chi connectivity index (χ4v) is 2.35. The van der Waals surface area contributed by atoms with Crippen molar-refractivity contribution < 1.29 is 13.9 Å². The molecule has 0 aromatic carbocycles. The number of carbonyl (C=O) groups is 1. The summed E-state index contributed by atoms with van der Waals surface area (Å²) in [5.41, 5.74) is 1.02. The summed E-state index contributed by atoms with van der Waals surface area (Å²) in [6.45, 7) is 0. The van der Waals surface area contributed by atoms with Gasteiger partial charge in [0.05, 0.1) is 12.2 Å². The van der Waals surface area contributed by atoms with E-state index < -0.39 is 0 Å². The van der Waals surface area contributed by atoms with Crippen LogP contribution in [-0.2, 0) is 0 Å². The Morgan fingerprint density at radius 3 is 2.81 bits per heavy atom. The number of pyridine rings is 1. The molecule has 0 aliphatic heterocycles. The number of carbonyl (C=O) groups excluding carboxylic acids is 1. The lowest BCUT2D eigenvalue weighted by atomic mass is 9.95. The van der Waals surface area contributed by atoms with Crippen molar-refractivity contribution >= 4 is 5.78 Å². The molecule has 0 spiro atoms. The highest BCUT2D eigenvalue weighted by Crippen LogP contribution is 2.28. The molecule has 3 heterocycles. The van der Waals surface area contributed by atoms with E-state index in [1.165, 1.54) is 12.3 Å². The van der Waals surface area contributed by atoms with Gasteiger partial charge in [0.2, 0.25) is 5.78 Å². The third kappa shape index (κ3) is 2.72. The maximum atomic E-state index is 12.4. The number of hydrogen-bond donors (Lipinski definition) is 1. The molecule has 3 aromatic rings. The summed E-state index contributed by atoms with van der Waals surface area (Å²) in [6, 6.07) is 12.2. The molecule has 3 rings (SSSR count). The lowest BCUT2D eigenvalue weighted by Crippen LogP contribution is -2.34. The van der Waals surface area contributed by atoms with Crippen LogP contribution < -0.4 is 4.73 Å². The van der Waals surface area contributed by atoms with Crippen molar-refractivity contribution in [2.45, 2.75) is 12.3 Å². The second-order valence-corrected chi connectivity index (χ2v) is 4.73. The van der Waals surface area contributed by atoms with E-state index in [-0.39, 0.29) is 23.8 Å². The largest absolute Gasteiger partial charge is 0.618 e. The van der Waals surface area contributed by atoms with Crippen LogP contribution >= 0.6 is 0 Å². The van der Waals surface area contributed by atoms with Crippen LogP contribution in [0.15, 0.2) is 65.5 Å². The molecular formula is C16H14N2O3. The summed E-state index contributed by atoms with van der Waals surface area (Å²) in [7, 11) is 0. The predicted molar refractivity (Wildman–Crippen MR) is 75.7 cm³/mol. The Balaban J connectivity index is 1.89. The van der Waals surface area contributed by atoms with Gasteiger partial charge in [-0.2, -0.15) is 4.73 Å². The molecule has 5 nitrogen and oxygen atoms in total. The molecule has 1 unspecified atom stereocenters. The minimum atomic E-state index is -0.234. The molecule has 0 saturated carbocycles. The fourth-order valence-electron chi connectivity index (χ4n) is 2.35. The first-order valence-electron chi connectivity index (χ1n) is 6.64. The Kier molecular flexibility index (Phi) is 3.55. The van der Waals surface area contributed by atoms with E-state index in [1.54, 1.807) is 30.7 Å². The molecule has 1 atom stereocenters. The Morgan fingerprint density at radius 1 is 1.24 bits per heavy atom. The molecule has 3 aromatic heterocycles. The van der Waals surface area contributed by atoms with Crippen molar-refractivity contribution in [3.63, 3.8) is 0 Å². The average Bonchev–Trinajstić information content (AvgIpc) is 3.18. The van der Waals surface area contributed by atoms with E-state index in [9.17, 15) is 10.0 Å².